The molecule has 0 radical (unpaired) electrons. The maximum absolute atomic E-state index is 8.86. The lowest BCUT2D eigenvalue weighted by Gasteiger charge is -2.12. The summed E-state index contributed by atoms with van der Waals surface area (Å²) in [5.74, 6) is 1.51. The standard InChI is InChI=1S/C25H26N4O2S/c1-3-12-29-24(27-28-25(29)32-16-15-31-14-13-30)21-17-23(19-10-8-18(2)9-11-19)26-22-7-5-4-6-20(21)22/h3-11,17,30H,1,12-16H2,2H3. The molecule has 0 fully saturated rings. The lowest BCUT2D eigenvalue weighted by molar-refractivity contribution is 0.103. The number of benzene rings is 2. The zero-order valence-corrected chi connectivity index (χ0v) is 18.9. The Balaban J connectivity index is 1.76. The lowest BCUT2D eigenvalue weighted by Crippen LogP contribution is -2.05. The molecule has 0 bridgehead atoms. The maximum atomic E-state index is 8.86. The number of allylic oxidation sites excluding steroid dienone is 1. The Kier molecular flexibility index (Phi) is 7.32. The van der Waals surface area contributed by atoms with E-state index in [-0.39, 0.29) is 6.61 Å². The Bertz CT molecular complexity index is 1200. The van der Waals surface area contributed by atoms with Gasteiger partial charge in [0.05, 0.1) is 31.0 Å². The van der Waals surface area contributed by atoms with Crippen LogP contribution >= 0.6 is 11.8 Å². The van der Waals surface area contributed by atoms with E-state index < -0.39 is 0 Å². The van der Waals surface area contributed by atoms with Crippen LogP contribution in [-0.2, 0) is 11.3 Å². The Morgan fingerprint density at radius 2 is 1.91 bits per heavy atom. The molecule has 2 aromatic carbocycles. The topological polar surface area (TPSA) is 73.1 Å². The molecule has 0 aliphatic rings. The zero-order valence-electron chi connectivity index (χ0n) is 18.1. The molecule has 0 atom stereocenters. The number of nitrogens with zero attached hydrogens (tertiary/aromatic N) is 4. The first-order valence-corrected chi connectivity index (χ1v) is 11.5. The van der Waals surface area contributed by atoms with Crippen LogP contribution in [-0.4, -0.2) is 50.4 Å². The molecule has 0 unspecified atom stereocenters. The number of hydrogen-bond donors (Lipinski definition) is 1. The summed E-state index contributed by atoms with van der Waals surface area (Å²) in [6.07, 6.45) is 1.85. The molecular weight excluding hydrogens is 420 g/mol. The van der Waals surface area contributed by atoms with Crippen LogP contribution < -0.4 is 0 Å². The van der Waals surface area contributed by atoms with Gasteiger partial charge in [0.1, 0.15) is 0 Å². The Morgan fingerprint density at radius 1 is 1.09 bits per heavy atom. The molecule has 0 amide bonds. The van der Waals surface area contributed by atoms with Crippen molar-refractivity contribution in [2.45, 2.75) is 18.6 Å². The van der Waals surface area contributed by atoms with E-state index in [1.54, 1.807) is 11.8 Å². The van der Waals surface area contributed by atoms with Gasteiger partial charge in [-0.25, -0.2) is 4.98 Å². The van der Waals surface area contributed by atoms with Gasteiger partial charge in [-0.2, -0.15) is 0 Å². The van der Waals surface area contributed by atoms with Crippen molar-refractivity contribution in [3.05, 3.63) is 72.8 Å². The van der Waals surface area contributed by atoms with Crippen LogP contribution in [0.15, 0.2) is 72.4 Å². The molecule has 0 spiro atoms. The van der Waals surface area contributed by atoms with Crippen LogP contribution in [0.2, 0.25) is 0 Å². The predicted octanol–water partition coefficient (Wildman–Crippen LogP) is 4.76. The van der Waals surface area contributed by atoms with Gasteiger partial charge in [-0.1, -0.05) is 65.9 Å². The fourth-order valence-corrected chi connectivity index (χ4v) is 4.28. The molecule has 1 N–H and O–H groups in total. The van der Waals surface area contributed by atoms with Gasteiger partial charge < -0.3 is 9.84 Å². The molecule has 2 heterocycles. The van der Waals surface area contributed by atoms with Crippen LogP contribution in [0.5, 0.6) is 0 Å². The molecule has 4 rings (SSSR count). The van der Waals surface area contributed by atoms with Gasteiger partial charge in [0.2, 0.25) is 0 Å². The van der Waals surface area contributed by atoms with Crippen molar-refractivity contribution in [2.75, 3.05) is 25.6 Å². The minimum Gasteiger partial charge on any atom is -0.394 e. The number of thioether (sulfide) groups is 1. The number of rotatable bonds is 10. The van der Waals surface area contributed by atoms with Crippen molar-refractivity contribution in [3.63, 3.8) is 0 Å². The summed E-state index contributed by atoms with van der Waals surface area (Å²) in [6, 6.07) is 18.6. The summed E-state index contributed by atoms with van der Waals surface area (Å²) >= 11 is 1.58. The molecule has 2 aromatic heterocycles. The number of para-hydroxylation sites is 1. The molecule has 0 aliphatic carbocycles. The smallest absolute Gasteiger partial charge is 0.191 e. The van der Waals surface area contributed by atoms with E-state index >= 15 is 0 Å². The van der Waals surface area contributed by atoms with Crippen LogP contribution in [0.1, 0.15) is 5.56 Å². The van der Waals surface area contributed by atoms with Crippen LogP contribution in [0.3, 0.4) is 0 Å². The second-order valence-corrected chi connectivity index (χ2v) is 8.39. The number of aliphatic hydroxyl groups is 1. The van der Waals surface area contributed by atoms with Crippen molar-refractivity contribution in [3.8, 4) is 22.6 Å². The van der Waals surface area contributed by atoms with E-state index in [0.717, 1.165) is 44.5 Å². The molecule has 4 aromatic rings. The lowest BCUT2D eigenvalue weighted by atomic mass is 10.0. The Hall–Kier alpha value is -3.00. The third-order valence-corrected chi connectivity index (χ3v) is 5.96. The van der Waals surface area contributed by atoms with E-state index in [2.05, 4.69) is 64.7 Å². The highest BCUT2D eigenvalue weighted by atomic mass is 32.2. The molecule has 0 aliphatic heterocycles. The van der Waals surface area contributed by atoms with Gasteiger partial charge in [-0.3, -0.25) is 4.57 Å². The number of aryl methyl sites for hydroxylation is 1. The number of pyridine rings is 1. The van der Waals surface area contributed by atoms with Crippen LogP contribution in [0.25, 0.3) is 33.5 Å². The summed E-state index contributed by atoms with van der Waals surface area (Å²) < 4.78 is 7.44. The summed E-state index contributed by atoms with van der Waals surface area (Å²) in [5, 5.41) is 19.7. The second-order valence-electron chi connectivity index (χ2n) is 7.33. The van der Waals surface area contributed by atoms with Crippen molar-refractivity contribution in [1.29, 1.82) is 0 Å². The average Bonchev–Trinajstić information content (AvgIpc) is 3.21. The third-order valence-electron chi connectivity index (χ3n) is 5.03. The van der Waals surface area contributed by atoms with Crippen molar-refractivity contribution in [1.82, 2.24) is 19.7 Å². The van der Waals surface area contributed by atoms with Gasteiger partial charge >= 0.3 is 0 Å². The zero-order chi connectivity index (χ0) is 22.3. The van der Waals surface area contributed by atoms with Crippen molar-refractivity contribution < 1.29 is 9.84 Å². The van der Waals surface area contributed by atoms with Crippen LogP contribution in [0, 0.1) is 6.92 Å². The highest BCUT2D eigenvalue weighted by Crippen LogP contribution is 2.33. The molecule has 6 nitrogen and oxygen atoms in total. The normalized spacial score (nSPS) is 11.2. The summed E-state index contributed by atoms with van der Waals surface area (Å²) in [6.45, 7) is 7.50. The Morgan fingerprint density at radius 3 is 2.69 bits per heavy atom. The average molecular weight is 447 g/mol. The van der Waals surface area contributed by atoms with E-state index in [0.29, 0.717) is 19.8 Å². The molecule has 164 valence electrons. The highest BCUT2D eigenvalue weighted by Gasteiger charge is 2.18. The van der Waals surface area contributed by atoms with E-state index in [9.17, 15) is 0 Å². The number of fused-ring (bicyclic) bond motifs is 1. The first-order valence-electron chi connectivity index (χ1n) is 10.5. The van der Waals surface area contributed by atoms with Crippen LogP contribution in [0.4, 0.5) is 0 Å². The van der Waals surface area contributed by atoms with Gasteiger partial charge in [-0.05, 0) is 19.1 Å². The second kappa shape index (κ2) is 10.5. The van der Waals surface area contributed by atoms with E-state index in [1.807, 2.05) is 24.3 Å². The first kappa shape index (κ1) is 22.2. The number of hydrogen-bond acceptors (Lipinski definition) is 6. The molecular formula is C25H26N4O2S. The summed E-state index contributed by atoms with van der Waals surface area (Å²) in [4.78, 5) is 4.90. The summed E-state index contributed by atoms with van der Waals surface area (Å²) in [5.41, 5.74) is 5.08. The number of aliphatic hydroxyl groups excluding tert-OH is 1. The van der Waals surface area contributed by atoms with Crippen molar-refractivity contribution >= 4 is 22.7 Å². The monoisotopic (exact) mass is 446 g/mol. The fourth-order valence-electron chi connectivity index (χ4n) is 3.48. The molecule has 32 heavy (non-hydrogen) atoms. The first-order chi connectivity index (χ1) is 15.7. The van der Waals surface area contributed by atoms with Gasteiger partial charge in [0.25, 0.3) is 0 Å². The molecule has 7 heteroatoms. The van der Waals surface area contributed by atoms with E-state index in [4.69, 9.17) is 14.8 Å². The quantitative estimate of drug-likeness (QED) is 0.215. The largest absolute Gasteiger partial charge is 0.394 e. The predicted molar refractivity (Wildman–Crippen MR) is 130 cm³/mol. The fraction of sp³-hybridized carbons (Fsp3) is 0.240. The van der Waals surface area contributed by atoms with Gasteiger partial charge in [0, 0.05) is 28.8 Å². The number of ether oxygens (including phenoxy) is 1. The molecule has 0 saturated carbocycles. The minimum absolute atomic E-state index is 0.0277. The van der Waals surface area contributed by atoms with Gasteiger partial charge in [0.15, 0.2) is 11.0 Å². The number of aromatic nitrogens is 4. The summed E-state index contributed by atoms with van der Waals surface area (Å²) in [7, 11) is 0. The van der Waals surface area contributed by atoms with E-state index in [1.165, 1.54) is 5.56 Å². The SMILES string of the molecule is C=CCn1c(SCCOCCO)nnc1-c1cc(-c2ccc(C)cc2)nc2ccccc12. The van der Waals surface area contributed by atoms with Gasteiger partial charge in [-0.15, -0.1) is 16.8 Å². The Labute approximate surface area is 192 Å². The maximum Gasteiger partial charge on any atom is 0.191 e. The highest BCUT2D eigenvalue weighted by molar-refractivity contribution is 7.99. The molecule has 0 saturated heterocycles. The van der Waals surface area contributed by atoms with Crippen molar-refractivity contribution in [2.24, 2.45) is 0 Å². The minimum atomic E-state index is 0.0277. The third kappa shape index (κ3) is 4.91.